The van der Waals surface area contributed by atoms with E-state index in [1.807, 2.05) is 49.4 Å². The number of ether oxygens (including phenoxy) is 3. The molecule has 6 heteroatoms. The Balaban J connectivity index is 1.20. The van der Waals surface area contributed by atoms with Crippen LogP contribution in [0.2, 0.25) is 0 Å². The van der Waals surface area contributed by atoms with Gasteiger partial charge in [-0.15, -0.1) is 0 Å². The van der Waals surface area contributed by atoms with Gasteiger partial charge >= 0.3 is 5.97 Å². The maximum absolute atomic E-state index is 13.2. The summed E-state index contributed by atoms with van der Waals surface area (Å²) in [5, 5.41) is 0. The second-order valence-corrected chi connectivity index (χ2v) is 10.5. The molecular formula is C31H28N2O4. The Labute approximate surface area is 216 Å². The van der Waals surface area contributed by atoms with Crippen molar-refractivity contribution in [2.45, 2.75) is 57.1 Å². The van der Waals surface area contributed by atoms with Crippen LogP contribution in [-0.4, -0.2) is 30.0 Å². The highest BCUT2D eigenvalue weighted by Crippen LogP contribution is 2.47. The molecule has 0 N–H and O–H groups in total. The smallest absolute Gasteiger partial charge is 0.307 e. The van der Waals surface area contributed by atoms with Crippen LogP contribution < -0.4 is 0 Å². The number of nitrogens with zero attached hydrogens (tertiary/aromatic N) is 2. The summed E-state index contributed by atoms with van der Waals surface area (Å²) in [6.07, 6.45) is 1.49. The zero-order valence-corrected chi connectivity index (χ0v) is 20.7. The van der Waals surface area contributed by atoms with Gasteiger partial charge in [-0.2, -0.15) is 0 Å². The fourth-order valence-corrected chi connectivity index (χ4v) is 6.06. The molecule has 6 nitrogen and oxygen atoms in total. The van der Waals surface area contributed by atoms with Crippen LogP contribution in [0.5, 0.6) is 0 Å². The number of fused-ring (bicyclic) bond motifs is 6. The maximum Gasteiger partial charge on any atom is 0.307 e. The standard InChI is InChI=1S/C31H28N2O4/c1-31(17-26(34)35-18-19-9-3-2-4-10-19,29-32-27-22-13-7-5-11-20(22)15-24(27)36-29)30-33-28-23-14-8-6-12-21(23)16-25(28)37-30/h2-14,24-25,27-28H,15-18H2,1H3/t24-,25?,27+,28+,31?/m1/s1. The molecule has 5 atom stereocenters. The molecule has 2 unspecified atom stereocenters. The first-order valence-corrected chi connectivity index (χ1v) is 12.9. The Kier molecular flexibility index (Phi) is 5.17. The van der Waals surface area contributed by atoms with Crippen LogP contribution in [0.4, 0.5) is 0 Å². The Hall–Kier alpha value is -3.93. The van der Waals surface area contributed by atoms with Gasteiger partial charge in [0.2, 0.25) is 11.8 Å². The number of aliphatic imine (C=N–C) groups is 2. The van der Waals surface area contributed by atoms with Gasteiger partial charge in [0.1, 0.15) is 36.3 Å². The molecule has 3 aromatic carbocycles. The lowest BCUT2D eigenvalue weighted by Gasteiger charge is -2.28. The zero-order chi connectivity index (χ0) is 25.0. The molecule has 0 fully saturated rings. The van der Waals surface area contributed by atoms with Crippen LogP contribution in [0.1, 0.15) is 53.2 Å². The summed E-state index contributed by atoms with van der Waals surface area (Å²) in [5.41, 5.74) is 4.91. The van der Waals surface area contributed by atoms with Crippen molar-refractivity contribution in [3.8, 4) is 0 Å². The third-order valence-electron chi connectivity index (χ3n) is 8.02. The molecule has 4 aliphatic rings. The monoisotopic (exact) mass is 492 g/mol. The van der Waals surface area contributed by atoms with Crippen LogP contribution in [0.3, 0.4) is 0 Å². The van der Waals surface area contributed by atoms with Crippen molar-refractivity contribution in [1.82, 2.24) is 0 Å². The van der Waals surface area contributed by atoms with Crippen molar-refractivity contribution in [3.05, 3.63) is 107 Å². The molecule has 2 aliphatic heterocycles. The highest BCUT2D eigenvalue weighted by molar-refractivity contribution is 6.08. The van der Waals surface area contributed by atoms with Crippen LogP contribution in [0.25, 0.3) is 0 Å². The van der Waals surface area contributed by atoms with Gasteiger partial charge in [0, 0.05) is 12.8 Å². The fourth-order valence-electron chi connectivity index (χ4n) is 6.06. The average molecular weight is 493 g/mol. The molecule has 2 heterocycles. The van der Waals surface area contributed by atoms with E-state index in [2.05, 4.69) is 36.4 Å². The predicted octanol–water partition coefficient (Wildman–Crippen LogP) is 5.32. The van der Waals surface area contributed by atoms with Gasteiger partial charge < -0.3 is 14.2 Å². The number of hydrogen-bond donors (Lipinski definition) is 0. The SMILES string of the molecule is CC(CC(=O)OCc1ccccc1)(C1=N[C@H]2c3ccccc3CC2O1)C1=N[C@H]2c3ccccc3C[C@H]2O1. The summed E-state index contributed by atoms with van der Waals surface area (Å²) in [5.74, 6) is 0.695. The van der Waals surface area contributed by atoms with Gasteiger partial charge in [-0.05, 0) is 34.7 Å². The van der Waals surface area contributed by atoms with Gasteiger partial charge in [0.05, 0.1) is 6.42 Å². The van der Waals surface area contributed by atoms with Gasteiger partial charge in [-0.3, -0.25) is 4.79 Å². The van der Waals surface area contributed by atoms with Crippen LogP contribution in [-0.2, 0) is 38.5 Å². The summed E-state index contributed by atoms with van der Waals surface area (Å²) in [6.45, 7) is 2.17. The van der Waals surface area contributed by atoms with Crippen LogP contribution >= 0.6 is 0 Å². The van der Waals surface area contributed by atoms with E-state index >= 15 is 0 Å². The lowest BCUT2D eigenvalue weighted by atomic mass is 9.85. The molecular weight excluding hydrogens is 464 g/mol. The summed E-state index contributed by atoms with van der Waals surface area (Å²) in [6, 6.07) is 26.2. The molecule has 0 bridgehead atoms. The minimum absolute atomic E-state index is 0.0413. The molecule has 0 radical (unpaired) electrons. The topological polar surface area (TPSA) is 69.5 Å². The predicted molar refractivity (Wildman–Crippen MR) is 139 cm³/mol. The van der Waals surface area contributed by atoms with Crippen LogP contribution in [0.15, 0.2) is 88.8 Å². The zero-order valence-electron chi connectivity index (χ0n) is 20.7. The molecule has 7 rings (SSSR count). The van der Waals surface area contributed by atoms with E-state index in [9.17, 15) is 4.79 Å². The van der Waals surface area contributed by atoms with Gasteiger partial charge in [0.25, 0.3) is 0 Å². The summed E-state index contributed by atoms with van der Waals surface area (Å²) < 4.78 is 18.6. The van der Waals surface area contributed by atoms with Crippen molar-refractivity contribution in [2.24, 2.45) is 15.4 Å². The van der Waals surface area contributed by atoms with E-state index in [1.54, 1.807) is 0 Å². The molecule has 3 aromatic rings. The van der Waals surface area contributed by atoms with E-state index < -0.39 is 5.41 Å². The lowest BCUT2D eigenvalue weighted by Crippen LogP contribution is -2.41. The number of rotatable bonds is 6. The average Bonchev–Trinajstić information content (AvgIpc) is 3.67. The first-order valence-electron chi connectivity index (χ1n) is 12.9. The molecule has 2 aliphatic carbocycles. The number of benzene rings is 3. The Morgan fingerprint density at radius 3 is 1.89 bits per heavy atom. The maximum atomic E-state index is 13.2. The molecule has 37 heavy (non-hydrogen) atoms. The lowest BCUT2D eigenvalue weighted by molar-refractivity contribution is -0.146. The molecule has 0 amide bonds. The molecule has 186 valence electrons. The Bertz CT molecular complexity index is 1350. The van der Waals surface area contributed by atoms with Crippen molar-refractivity contribution in [2.75, 3.05) is 0 Å². The van der Waals surface area contributed by atoms with Crippen molar-refractivity contribution in [1.29, 1.82) is 0 Å². The second-order valence-electron chi connectivity index (χ2n) is 10.5. The third-order valence-corrected chi connectivity index (χ3v) is 8.02. The first-order chi connectivity index (χ1) is 18.1. The molecule has 0 saturated carbocycles. The summed E-state index contributed by atoms with van der Waals surface area (Å²) in [7, 11) is 0. The van der Waals surface area contributed by atoms with Gasteiger partial charge in [0.15, 0.2) is 0 Å². The minimum atomic E-state index is -0.952. The van der Waals surface area contributed by atoms with Gasteiger partial charge in [-0.25, -0.2) is 9.98 Å². The quantitative estimate of drug-likeness (QED) is 0.437. The normalized spacial score (nSPS) is 26.0. The first kappa shape index (κ1) is 22.3. The summed E-state index contributed by atoms with van der Waals surface area (Å²) in [4.78, 5) is 23.3. The van der Waals surface area contributed by atoms with E-state index in [-0.39, 0.29) is 43.3 Å². The minimum Gasteiger partial charge on any atom is -0.474 e. The number of esters is 1. The van der Waals surface area contributed by atoms with E-state index in [0.29, 0.717) is 11.8 Å². The van der Waals surface area contributed by atoms with E-state index in [0.717, 1.165) is 18.4 Å². The molecule has 0 saturated heterocycles. The highest BCUT2D eigenvalue weighted by Gasteiger charge is 2.53. The van der Waals surface area contributed by atoms with E-state index in [4.69, 9.17) is 24.2 Å². The molecule has 0 spiro atoms. The Morgan fingerprint density at radius 2 is 1.32 bits per heavy atom. The second kappa shape index (κ2) is 8.58. The van der Waals surface area contributed by atoms with Crippen LogP contribution in [0, 0.1) is 5.41 Å². The van der Waals surface area contributed by atoms with Crippen molar-refractivity contribution >= 4 is 17.8 Å². The number of hydrogen-bond acceptors (Lipinski definition) is 6. The Morgan fingerprint density at radius 1 is 0.811 bits per heavy atom. The summed E-state index contributed by atoms with van der Waals surface area (Å²) >= 11 is 0. The van der Waals surface area contributed by atoms with Crippen molar-refractivity contribution < 1.29 is 19.0 Å². The largest absolute Gasteiger partial charge is 0.474 e. The number of carbonyl (C=O) groups excluding carboxylic acids is 1. The fraction of sp³-hybridized carbons (Fsp3) is 0.323. The third kappa shape index (κ3) is 3.74. The van der Waals surface area contributed by atoms with Crippen molar-refractivity contribution in [3.63, 3.8) is 0 Å². The highest BCUT2D eigenvalue weighted by atomic mass is 16.5. The van der Waals surface area contributed by atoms with Gasteiger partial charge in [-0.1, -0.05) is 78.9 Å². The number of carbonyl (C=O) groups is 1. The molecule has 0 aromatic heterocycles. The van der Waals surface area contributed by atoms with E-state index in [1.165, 1.54) is 22.3 Å².